The first-order chi connectivity index (χ1) is 16.0. The molecule has 0 radical (unpaired) electrons. The summed E-state index contributed by atoms with van der Waals surface area (Å²) in [4.78, 5) is 17.0. The van der Waals surface area contributed by atoms with Gasteiger partial charge in [-0.3, -0.25) is 4.79 Å². The Labute approximate surface area is 196 Å². The van der Waals surface area contributed by atoms with Gasteiger partial charge in [0.2, 0.25) is 5.91 Å². The molecule has 1 saturated carbocycles. The maximum Gasteiger partial charge on any atom is 0.417 e. The van der Waals surface area contributed by atoms with Crippen molar-refractivity contribution in [3.8, 4) is 0 Å². The van der Waals surface area contributed by atoms with E-state index in [9.17, 15) is 26.4 Å². The van der Waals surface area contributed by atoms with Crippen LogP contribution in [0.25, 0.3) is 10.9 Å². The van der Waals surface area contributed by atoms with Crippen molar-refractivity contribution in [2.24, 2.45) is 5.92 Å². The summed E-state index contributed by atoms with van der Waals surface area (Å²) < 4.78 is 65.2. The molecule has 3 aromatic rings. The highest BCUT2D eigenvalue weighted by molar-refractivity contribution is 7.90. The van der Waals surface area contributed by atoms with Gasteiger partial charge >= 0.3 is 6.18 Å². The molecule has 1 unspecified atom stereocenters. The maximum absolute atomic E-state index is 13.7. The molecule has 0 aliphatic heterocycles. The Kier molecular flexibility index (Phi) is 6.66. The fraction of sp³-hybridized carbons (Fsp3) is 0.360. The molecule has 5 nitrogen and oxygen atoms in total. The monoisotopic (exact) mass is 490 g/mol. The van der Waals surface area contributed by atoms with Gasteiger partial charge in [0, 0.05) is 11.6 Å². The number of nitrogens with zero attached hydrogens (tertiary/aromatic N) is 1. The van der Waals surface area contributed by atoms with E-state index < -0.39 is 38.3 Å². The molecule has 1 aliphatic rings. The molecule has 1 heterocycles. The molecule has 0 bridgehead atoms. The highest BCUT2D eigenvalue weighted by Gasteiger charge is 2.38. The van der Waals surface area contributed by atoms with Gasteiger partial charge in [-0.1, -0.05) is 49.9 Å². The maximum atomic E-state index is 13.7. The number of hydrogen-bond donors (Lipinski definition) is 1. The second-order valence-electron chi connectivity index (χ2n) is 8.84. The number of carbonyl (C=O) groups is 1. The third-order valence-corrected chi connectivity index (χ3v) is 7.48. The summed E-state index contributed by atoms with van der Waals surface area (Å²) >= 11 is 0. The molecule has 1 amide bonds. The van der Waals surface area contributed by atoms with E-state index >= 15 is 0 Å². The fourth-order valence-corrected chi connectivity index (χ4v) is 5.52. The lowest BCUT2D eigenvalue weighted by Crippen LogP contribution is -2.24. The predicted molar refractivity (Wildman–Crippen MR) is 124 cm³/mol. The molecule has 4 rings (SSSR count). The van der Waals surface area contributed by atoms with Crippen molar-refractivity contribution in [2.45, 2.75) is 49.1 Å². The lowest BCUT2D eigenvalue weighted by molar-refractivity contribution is -0.140. The van der Waals surface area contributed by atoms with Crippen molar-refractivity contribution in [3.63, 3.8) is 0 Å². The van der Waals surface area contributed by atoms with Gasteiger partial charge in [-0.2, -0.15) is 13.2 Å². The zero-order valence-electron chi connectivity index (χ0n) is 18.6. The van der Waals surface area contributed by atoms with E-state index in [2.05, 4.69) is 10.3 Å². The van der Waals surface area contributed by atoms with E-state index in [4.69, 9.17) is 0 Å². The van der Waals surface area contributed by atoms with Crippen molar-refractivity contribution in [2.75, 3.05) is 11.6 Å². The van der Waals surface area contributed by atoms with Gasteiger partial charge in [-0.15, -0.1) is 0 Å². The van der Waals surface area contributed by atoms with Crippen LogP contribution >= 0.6 is 0 Å². The Morgan fingerprint density at radius 1 is 1.09 bits per heavy atom. The third-order valence-electron chi connectivity index (χ3n) is 6.32. The molecule has 1 fully saturated rings. The molecule has 1 N–H and O–H groups in total. The van der Waals surface area contributed by atoms with Gasteiger partial charge in [0.05, 0.1) is 21.9 Å². The van der Waals surface area contributed by atoms with Gasteiger partial charge in [-0.05, 0) is 48.2 Å². The fourth-order valence-electron chi connectivity index (χ4n) is 4.63. The molecule has 0 saturated heterocycles. The standard InChI is InChI=1S/C25H25F3N2O3S/c1-34(32,33)22-12-10-18(15-20(22)25(26,27)28)19(14-16-6-2-3-7-16)24(31)30-23-13-11-17-8-4-5-9-21(17)29-23/h4-5,8-13,15-16,19H,2-3,6-7,14H2,1H3,(H,29,30,31). The topological polar surface area (TPSA) is 76.1 Å². The molecular weight excluding hydrogens is 465 g/mol. The SMILES string of the molecule is CS(=O)(=O)c1ccc(C(CC2CCCC2)C(=O)Nc2ccc3ccccc3n2)cc1C(F)(F)F. The number of anilines is 1. The molecule has 1 aromatic heterocycles. The van der Waals surface area contributed by atoms with Gasteiger partial charge in [0.15, 0.2) is 9.84 Å². The number of para-hydroxylation sites is 1. The number of rotatable bonds is 6. The van der Waals surface area contributed by atoms with Crippen LogP contribution in [0.1, 0.15) is 49.1 Å². The average Bonchev–Trinajstić information content (AvgIpc) is 3.29. The van der Waals surface area contributed by atoms with Crippen LogP contribution in [0.3, 0.4) is 0 Å². The number of amides is 1. The van der Waals surface area contributed by atoms with Crippen LogP contribution in [0.4, 0.5) is 19.0 Å². The highest BCUT2D eigenvalue weighted by Crippen LogP contribution is 2.39. The van der Waals surface area contributed by atoms with Crippen molar-refractivity contribution >= 4 is 32.5 Å². The van der Waals surface area contributed by atoms with Gasteiger partial charge in [-0.25, -0.2) is 13.4 Å². The van der Waals surface area contributed by atoms with E-state index in [1.54, 1.807) is 12.1 Å². The van der Waals surface area contributed by atoms with E-state index in [0.29, 0.717) is 17.8 Å². The van der Waals surface area contributed by atoms with Crippen LogP contribution in [0.15, 0.2) is 59.5 Å². The first-order valence-corrected chi connectivity index (χ1v) is 13.0. The zero-order chi connectivity index (χ0) is 24.5. The Hall–Kier alpha value is -2.94. The molecule has 2 aromatic carbocycles. The minimum Gasteiger partial charge on any atom is -0.310 e. The Balaban J connectivity index is 1.71. The summed E-state index contributed by atoms with van der Waals surface area (Å²) in [5.74, 6) is -0.811. The molecule has 1 atom stereocenters. The van der Waals surface area contributed by atoms with E-state index in [-0.39, 0.29) is 11.5 Å². The Morgan fingerprint density at radius 2 is 1.79 bits per heavy atom. The smallest absolute Gasteiger partial charge is 0.310 e. The molecule has 180 valence electrons. The van der Waals surface area contributed by atoms with Crippen LogP contribution in [0.5, 0.6) is 0 Å². The summed E-state index contributed by atoms with van der Waals surface area (Å²) in [5, 5.41) is 3.66. The minimum atomic E-state index is -4.87. The number of hydrogen-bond acceptors (Lipinski definition) is 4. The summed E-state index contributed by atoms with van der Waals surface area (Å²) in [7, 11) is -4.10. The summed E-state index contributed by atoms with van der Waals surface area (Å²) in [6.45, 7) is 0. The number of fused-ring (bicyclic) bond motifs is 1. The predicted octanol–water partition coefficient (Wildman–Crippen LogP) is 5.96. The number of sulfone groups is 1. The number of alkyl halides is 3. The summed E-state index contributed by atoms with van der Waals surface area (Å²) in [5.41, 5.74) is -0.421. The number of carbonyl (C=O) groups excluding carboxylic acids is 1. The number of nitrogens with one attached hydrogen (secondary N) is 1. The second kappa shape index (κ2) is 9.37. The lowest BCUT2D eigenvalue weighted by Gasteiger charge is -2.22. The van der Waals surface area contributed by atoms with Crippen LogP contribution in [-0.4, -0.2) is 25.6 Å². The van der Waals surface area contributed by atoms with Crippen molar-refractivity contribution in [1.29, 1.82) is 0 Å². The van der Waals surface area contributed by atoms with Gasteiger partial charge in [0.25, 0.3) is 0 Å². The van der Waals surface area contributed by atoms with E-state index in [1.807, 2.05) is 24.3 Å². The first kappa shape index (κ1) is 24.2. The average molecular weight is 491 g/mol. The quantitative estimate of drug-likeness (QED) is 0.463. The van der Waals surface area contributed by atoms with Crippen molar-refractivity contribution < 1.29 is 26.4 Å². The summed E-state index contributed by atoms with van der Waals surface area (Å²) in [6, 6.07) is 13.9. The van der Waals surface area contributed by atoms with Crippen molar-refractivity contribution in [3.05, 3.63) is 65.7 Å². The van der Waals surface area contributed by atoms with Crippen LogP contribution in [0.2, 0.25) is 0 Å². The molecular formula is C25H25F3N2O3S. The van der Waals surface area contributed by atoms with Gasteiger partial charge < -0.3 is 5.32 Å². The molecule has 9 heteroatoms. The van der Waals surface area contributed by atoms with Crippen molar-refractivity contribution in [1.82, 2.24) is 4.98 Å². The van der Waals surface area contributed by atoms with Gasteiger partial charge in [0.1, 0.15) is 5.82 Å². The van der Waals surface area contributed by atoms with Crippen LogP contribution in [0, 0.1) is 5.92 Å². The van der Waals surface area contributed by atoms with E-state index in [1.165, 1.54) is 6.07 Å². The molecule has 1 aliphatic carbocycles. The normalized spacial score (nSPS) is 16.0. The summed E-state index contributed by atoms with van der Waals surface area (Å²) in [6.07, 6.45) is 0.109. The highest BCUT2D eigenvalue weighted by atomic mass is 32.2. The zero-order valence-corrected chi connectivity index (χ0v) is 19.4. The lowest BCUT2D eigenvalue weighted by atomic mass is 9.86. The third kappa shape index (κ3) is 5.41. The number of halogens is 3. The number of aromatic nitrogens is 1. The second-order valence-corrected chi connectivity index (χ2v) is 10.8. The van der Waals surface area contributed by atoms with E-state index in [0.717, 1.165) is 49.5 Å². The Morgan fingerprint density at radius 3 is 2.47 bits per heavy atom. The first-order valence-electron chi connectivity index (χ1n) is 11.1. The number of pyridine rings is 1. The number of benzene rings is 2. The molecule has 0 spiro atoms. The largest absolute Gasteiger partial charge is 0.417 e. The van der Waals surface area contributed by atoms with Crippen LogP contribution < -0.4 is 5.32 Å². The van der Waals surface area contributed by atoms with Crippen LogP contribution in [-0.2, 0) is 20.8 Å². The molecule has 34 heavy (non-hydrogen) atoms. The Bertz CT molecular complexity index is 1320. The minimum absolute atomic E-state index is 0.143.